The second kappa shape index (κ2) is 12.1. The molecule has 3 N–H and O–H groups in total. The number of aliphatic hydroxyl groups is 1. The molecule has 1 aliphatic carbocycles. The zero-order chi connectivity index (χ0) is 31.1. The Morgan fingerprint density at radius 2 is 1.77 bits per heavy atom. The Hall–Kier alpha value is -3.02. The molecule has 0 bridgehead atoms. The van der Waals surface area contributed by atoms with Gasteiger partial charge in [-0.3, -0.25) is 9.48 Å². The van der Waals surface area contributed by atoms with Gasteiger partial charge in [0.05, 0.1) is 17.2 Å². The minimum absolute atomic E-state index is 0.251. The van der Waals surface area contributed by atoms with Crippen LogP contribution in [0.15, 0.2) is 36.5 Å². The summed E-state index contributed by atoms with van der Waals surface area (Å²) in [6, 6.07) is 6.93. The van der Waals surface area contributed by atoms with Crippen molar-refractivity contribution in [3.63, 3.8) is 0 Å². The van der Waals surface area contributed by atoms with Gasteiger partial charge in [-0.05, 0) is 114 Å². The van der Waals surface area contributed by atoms with E-state index in [1.165, 1.54) is 64.2 Å². The summed E-state index contributed by atoms with van der Waals surface area (Å²) in [6.45, 7) is 8.79. The van der Waals surface area contributed by atoms with Crippen LogP contribution in [0, 0.1) is 11.3 Å². The van der Waals surface area contributed by atoms with Crippen molar-refractivity contribution in [3.05, 3.63) is 53.5 Å². The highest BCUT2D eigenvalue weighted by atomic mass is 19.4. The van der Waals surface area contributed by atoms with E-state index in [1.807, 2.05) is 10.9 Å². The molecule has 1 spiro atoms. The molecule has 11 heteroatoms. The maximum atomic E-state index is 13.2. The molecule has 238 valence electrons. The van der Waals surface area contributed by atoms with Crippen molar-refractivity contribution in [1.82, 2.24) is 25.0 Å². The van der Waals surface area contributed by atoms with Gasteiger partial charge in [0.25, 0.3) is 5.91 Å². The lowest BCUT2D eigenvalue weighted by Gasteiger charge is -2.44. The molecule has 0 unspecified atom stereocenters. The molecule has 0 radical (unpaired) electrons. The number of fused-ring (bicyclic) bond motifs is 1. The predicted octanol–water partition coefficient (Wildman–Crippen LogP) is 6.13. The van der Waals surface area contributed by atoms with Gasteiger partial charge in [0.1, 0.15) is 11.4 Å². The van der Waals surface area contributed by atoms with E-state index in [0.29, 0.717) is 22.2 Å². The number of carbonyl (C=O) groups excluding carboxylic acids is 1. The Bertz CT molecular complexity index is 1470. The topological polar surface area (TPSA) is 95.3 Å². The summed E-state index contributed by atoms with van der Waals surface area (Å²) in [4.78, 5) is 19.1. The van der Waals surface area contributed by atoms with Crippen LogP contribution in [-0.4, -0.2) is 63.4 Å². The summed E-state index contributed by atoms with van der Waals surface area (Å²) < 4.78 is 41.5. The number of carbonyl (C=O) groups is 1. The number of rotatable bonds is 6. The third-order valence-corrected chi connectivity index (χ3v) is 10.1. The second-order valence-corrected chi connectivity index (χ2v) is 13.7. The number of halogens is 3. The number of aromatic nitrogens is 3. The van der Waals surface area contributed by atoms with E-state index in [2.05, 4.69) is 20.5 Å². The van der Waals surface area contributed by atoms with Crippen molar-refractivity contribution in [1.29, 1.82) is 0 Å². The second-order valence-electron chi connectivity index (χ2n) is 13.7. The highest BCUT2D eigenvalue weighted by Crippen LogP contribution is 2.45. The molecule has 3 aliphatic rings. The number of piperidine rings is 2. The average molecular weight is 613 g/mol. The van der Waals surface area contributed by atoms with Gasteiger partial charge in [-0.15, -0.1) is 0 Å². The molecule has 4 heterocycles. The number of nitrogens with one attached hydrogen (secondary N) is 2. The minimum Gasteiger partial charge on any atom is -0.386 e. The number of alkyl halides is 3. The van der Waals surface area contributed by atoms with Crippen LogP contribution >= 0.6 is 0 Å². The van der Waals surface area contributed by atoms with Gasteiger partial charge in [-0.1, -0.05) is 6.07 Å². The smallest absolute Gasteiger partial charge is 0.386 e. The van der Waals surface area contributed by atoms with Crippen molar-refractivity contribution >= 4 is 22.5 Å². The number of amides is 1. The summed E-state index contributed by atoms with van der Waals surface area (Å²) in [5.74, 6) is 0.00368. The van der Waals surface area contributed by atoms with Crippen LogP contribution in [0.1, 0.15) is 93.0 Å². The molecule has 6 rings (SSSR count). The standard InChI is InChI=1S/C33H43F3N6O2/c1-31(2,44)25-19-27-23(18-28(25)39-30(43)26-4-3-5-29(38-26)33(34,35)36)21-42(40-27)24-8-16-41(17-9-24)20-22-6-10-32(11-7-22)12-14-37-15-13-32/h3-5,18-19,21-22,24,37,44H,6-17,20H2,1-2H3,(H,39,43). The van der Waals surface area contributed by atoms with E-state index in [4.69, 9.17) is 5.10 Å². The van der Waals surface area contributed by atoms with E-state index in [9.17, 15) is 23.1 Å². The number of anilines is 1. The van der Waals surface area contributed by atoms with Crippen LogP contribution < -0.4 is 10.6 Å². The molecule has 1 amide bonds. The van der Waals surface area contributed by atoms with Crippen LogP contribution in [0.3, 0.4) is 0 Å². The van der Waals surface area contributed by atoms with E-state index < -0.39 is 23.4 Å². The summed E-state index contributed by atoms with van der Waals surface area (Å²) in [7, 11) is 0. The summed E-state index contributed by atoms with van der Waals surface area (Å²) in [5.41, 5.74) is -0.817. The predicted molar refractivity (Wildman–Crippen MR) is 163 cm³/mol. The first kappa shape index (κ1) is 31.0. The molecule has 2 aromatic heterocycles. The number of hydrogen-bond donors (Lipinski definition) is 3. The molecule has 8 nitrogen and oxygen atoms in total. The van der Waals surface area contributed by atoms with Crippen LogP contribution in [-0.2, 0) is 11.8 Å². The normalized spacial score (nSPS) is 20.8. The van der Waals surface area contributed by atoms with Crippen molar-refractivity contribution in [2.75, 3.05) is 38.0 Å². The Morgan fingerprint density at radius 3 is 2.43 bits per heavy atom. The van der Waals surface area contributed by atoms with Crippen molar-refractivity contribution < 1.29 is 23.1 Å². The van der Waals surface area contributed by atoms with Gasteiger partial charge in [0, 0.05) is 42.5 Å². The summed E-state index contributed by atoms with van der Waals surface area (Å²) in [5, 5.41) is 22.7. The first-order valence-corrected chi connectivity index (χ1v) is 15.9. The quantitative estimate of drug-likeness (QED) is 0.310. The molecule has 1 saturated carbocycles. The van der Waals surface area contributed by atoms with E-state index in [1.54, 1.807) is 26.0 Å². The van der Waals surface area contributed by atoms with Gasteiger partial charge in [0.15, 0.2) is 0 Å². The maximum absolute atomic E-state index is 13.2. The first-order chi connectivity index (χ1) is 20.9. The molecule has 1 aromatic carbocycles. The molecule has 2 saturated heterocycles. The Morgan fingerprint density at radius 1 is 1.07 bits per heavy atom. The van der Waals surface area contributed by atoms with Gasteiger partial charge >= 0.3 is 6.18 Å². The lowest BCUT2D eigenvalue weighted by molar-refractivity contribution is -0.141. The third-order valence-electron chi connectivity index (χ3n) is 10.1. The van der Waals surface area contributed by atoms with Crippen LogP contribution in [0.5, 0.6) is 0 Å². The number of likely N-dealkylation sites (tertiary alicyclic amines) is 1. The largest absolute Gasteiger partial charge is 0.433 e. The number of benzene rings is 1. The van der Waals surface area contributed by atoms with Crippen molar-refractivity contribution in [2.45, 2.75) is 83.0 Å². The van der Waals surface area contributed by atoms with E-state index in [0.717, 1.165) is 49.4 Å². The SMILES string of the molecule is CC(C)(O)c1cc2nn(C3CCN(CC4CCC5(CCNCC5)CC4)CC3)cc2cc1NC(=O)c1cccc(C(F)(F)F)n1. The fourth-order valence-corrected chi connectivity index (χ4v) is 7.45. The zero-order valence-electron chi connectivity index (χ0n) is 25.6. The zero-order valence-corrected chi connectivity index (χ0v) is 25.6. The van der Waals surface area contributed by atoms with Gasteiger partial charge in [0.2, 0.25) is 0 Å². The van der Waals surface area contributed by atoms with Gasteiger partial charge < -0.3 is 20.6 Å². The fourth-order valence-electron chi connectivity index (χ4n) is 7.45. The van der Waals surface area contributed by atoms with Crippen LogP contribution in [0.25, 0.3) is 10.9 Å². The van der Waals surface area contributed by atoms with Gasteiger partial charge in [-0.2, -0.15) is 18.3 Å². The van der Waals surface area contributed by atoms with Crippen molar-refractivity contribution in [2.24, 2.45) is 11.3 Å². The lowest BCUT2D eigenvalue weighted by atomic mass is 9.65. The van der Waals surface area contributed by atoms with Crippen molar-refractivity contribution in [3.8, 4) is 0 Å². The summed E-state index contributed by atoms with van der Waals surface area (Å²) >= 11 is 0. The van der Waals surface area contributed by atoms with E-state index >= 15 is 0 Å². The van der Waals surface area contributed by atoms with Crippen LogP contribution in [0.4, 0.5) is 18.9 Å². The first-order valence-electron chi connectivity index (χ1n) is 15.9. The minimum atomic E-state index is -4.66. The Balaban J connectivity index is 1.11. The molecular formula is C33H43F3N6O2. The number of pyridine rings is 1. The fraction of sp³-hybridized carbons (Fsp3) is 0.606. The number of nitrogens with zero attached hydrogens (tertiary/aromatic N) is 4. The third kappa shape index (κ3) is 6.79. The highest BCUT2D eigenvalue weighted by Gasteiger charge is 2.37. The molecule has 3 aromatic rings. The molecule has 3 fully saturated rings. The average Bonchev–Trinajstić information content (AvgIpc) is 3.41. The Kier molecular flexibility index (Phi) is 8.49. The highest BCUT2D eigenvalue weighted by molar-refractivity contribution is 6.04. The van der Waals surface area contributed by atoms with Crippen LogP contribution in [0.2, 0.25) is 0 Å². The number of hydrogen-bond acceptors (Lipinski definition) is 6. The molecule has 44 heavy (non-hydrogen) atoms. The molecular weight excluding hydrogens is 569 g/mol. The monoisotopic (exact) mass is 612 g/mol. The van der Waals surface area contributed by atoms with Gasteiger partial charge in [-0.25, -0.2) is 4.98 Å². The maximum Gasteiger partial charge on any atom is 0.433 e. The summed E-state index contributed by atoms with van der Waals surface area (Å²) in [6.07, 6.45) is 7.41. The Labute approximate surface area is 256 Å². The molecule has 0 atom stereocenters. The molecule has 2 aliphatic heterocycles. The lowest BCUT2D eigenvalue weighted by Crippen LogP contribution is -2.42. The van der Waals surface area contributed by atoms with E-state index in [-0.39, 0.29) is 11.7 Å².